The highest BCUT2D eigenvalue weighted by Crippen LogP contribution is 2.59. The molecular weight excluding hydrogens is 380 g/mol. The van der Waals surface area contributed by atoms with Gasteiger partial charge in [-0.3, -0.25) is 9.59 Å². The fourth-order valence-electron chi connectivity index (χ4n) is 4.07. The van der Waals surface area contributed by atoms with Gasteiger partial charge in [0.15, 0.2) is 5.78 Å². The Morgan fingerprint density at radius 1 is 1.23 bits per heavy atom. The van der Waals surface area contributed by atoms with Crippen molar-refractivity contribution in [3.05, 3.63) is 71.8 Å². The fourth-order valence-corrected chi connectivity index (χ4v) is 4.07. The van der Waals surface area contributed by atoms with Crippen LogP contribution in [0.4, 0.5) is 0 Å². The number of ether oxygens (including phenoxy) is 2. The Hall–Kier alpha value is -2.95. The molecule has 2 aliphatic carbocycles. The van der Waals surface area contributed by atoms with E-state index in [1.165, 1.54) is 6.08 Å². The molecule has 0 amide bonds. The fraction of sp³-hybridized carbons (Fsp3) is 0.400. The van der Waals surface area contributed by atoms with Crippen LogP contribution in [0.15, 0.2) is 66.3 Å². The van der Waals surface area contributed by atoms with Crippen LogP contribution in [0.1, 0.15) is 39.2 Å². The van der Waals surface area contributed by atoms with E-state index in [1.807, 2.05) is 51.1 Å². The maximum atomic E-state index is 12.7. The molecule has 0 aliphatic heterocycles. The first kappa shape index (κ1) is 21.8. The summed E-state index contributed by atoms with van der Waals surface area (Å²) in [6.07, 6.45) is 4.98. The molecule has 5 nitrogen and oxygen atoms in total. The van der Waals surface area contributed by atoms with Crippen LogP contribution >= 0.6 is 0 Å². The van der Waals surface area contributed by atoms with E-state index in [4.69, 9.17) is 9.47 Å². The summed E-state index contributed by atoms with van der Waals surface area (Å²) in [5.41, 5.74) is 2.11. The number of benzene rings is 1. The molecule has 1 aromatic rings. The number of hydrogen-bond donors (Lipinski definition) is 0. The molecule has 0 bridgehead atoms. The Balaban J connectivity index is 1.55. The third-order valence-corrected chi connectivity index (χ3v) is 6.10. The van der Waals surface area contributed by atoms with Crippen molar-refractivity contribution < 1.29 is 23.9 Å². The second-order valence-electron chi connectivity index (χ2n) is 8.48. The number of esters is 2. The Labute approximate surface area is 177 Å². The van der Waals surface area contributed by atoms with Gasteiger partial charge in [0.1, 0.15) is 12.7 Å². The van der Waals surface area contributed by atoms with E-state index in [2.05, 4.69) is 6.58 Å². The van der Waals surface area contributed by atoms with Crippen molar-refractivity contribution in [3.8, 4) is 0 Å². The Morgan fingerprint density at radius 2 is 1.93 bits per heavy atom. The van der Waals surface area contributed by atoms with Gasteiger partial charge < -0.3 is 9.47 Å². The summed E-state index contributed by atoms with van der Waals surface area (Å²) in [5, 5.41) is 0. The Bertz CT molecular complexity index is 907. The van der Waals surface area contributed by atoms with E-state index >= 15 is 0 Å². The van der Waals surface area contributed by atoms with Crippen molar-refractivity contribution in [2.75, 3.05) is 0 Å². The average molecular weight is 408 g/mol. The predicted molar refractivity (Wildman–Crippen MR) is 113 cm³/mol. The summed E-state index contributed by atoms with van der Waals surface area (Å²) < 4.78 is 10.9. The van der Waals surface area contributed by atoms with E-state index in [-0.39, 0.29) is 42.0 Å². The zero-order valence-electron chi connectivity index (χ0n) is 17.7. The smallest absolute Gasteiger partial charge is 0.330 e. The van der Waals surface area contributed by atoms with Gasteiger partial charge >= 0.3 is 11.9 Å². The van der Waals surface area contributed by atoms with Gasteiger partial charge in [-0.25, -0.2) is 4.79 Å². The molecule has 30 heavy (non-hydrogen) atoms. The van der Waals surface area contributed by atoms with Crippen LogP contribution in [0.2, 0.25) is 0 Å². The van der Waals surface area contributed by atoms with E-state index in [9.17, 15) is 14.4 Å². The number of Topliss-reactive ketones (excluding diaryl/α,β-unsaturated/α-hetero) is 1. The molecule has 0 spiro atoms. The lowest BCUT2D eigenvalue weighted by molar-refractivity contribution is -0.150. The standard InChI is InChI=1S/C25H28O5/c1-5-9-18-16(2)21(14-20(18)26)30-24(28)23-19(25(23,3)4)12-13-22(27)29-15-17-10-7-6-8-11-17/h5-8,10-13,19,21,23H,1,9,14-15H2,2-4H3/t19-,21?,23-/m0/s1. The number of allylic oxidation sites excluding steroid dienone is 3. The van der Waals surface area contributed by atoms with Gasteiger partial charge in [0.05, 0.1) is 12.3 Å². The molecule has 158 valence electrons. The summed E-state index contributed by atoms with van der Waals surface area (Å²) in [6.45, 7) is 9.65. The van der Waals surface area contributed by atoms with Crippen molar-refractivity contribution in [3.63, 3.8) is 0 Å². The molecule has 3 atom stereocenters. The zero-order valence-corrected chi connectivity index (χ0v) is 17.7. The van der Waals surface area contributed by atoms with E-state index < -0.39 is 12.1 Å². The monoisotopic (exact) mass is 408 g/mol. The van der Waals surface area contributed by atoms with E-state index in [1.54, 1.807) is 12.2 Å². The first-order valence-corrected chi connectivity index (χ1v) is 10.2. The van der Waals surface area contributed by atoms with Gasteiger partial charge in [0, 0.05) is 11.6 Å². The van der Waals surface area contributed by atoms with Crippen molar-refractivity contribution in [1.29, 1.82) is 0 Å². The Morgan fingerprint density at radius 3 is 2.60 bits per heavy atom. The normalized spacial score (nSPS) is 24.8. The number of carbonyl (C=O) groups is 3. The third kappa shape index (κ3) is 4.61. The first-order chi connectivity index (χ1) is 14.3. The minimum atomic E-state index is -0.503. The molecule has 3 rings (SSSR count). The topological polar surface area (TPSA) is 69.7 Å². The van der Waals surface area contributed by atoms with Crippen LogP contribution in [0.3, 0.4) is 0 Å². The lowest BCUT2D eigenvalue weighted by atomic mass is 10.1. The van der Waals surface area contributed by atoms with Crippen LogP contribution in [0.5, 0.6) is 0 Å². The van der Waals surface area contributed by atoms with Gasteiger partial charge in [-0.05, 0) is 35.8 Å². The maximum absolute atomic E-state index is 12.7. The summed E-state index contributed by atoms with van der Waals surface area (Å²) >= 11 is 0. The van der Waals surface area contributed by atoms with Crippen LogP contribution < -0.4 is 0 Å². The summed E-state index contributed by atoms with van der Waals surface area (Å²) in [7, 11) is 0. The molecule has 0 heterocycles. The number of rotatable bonds is 8. The second-order valence-corrected chi connectivity index (χ2v) is 8.48. The zero-order chi connectivity index (χ0) is 21.9. The average Bonchev–Trinajstić information content (AvgIpc) is 3.18. The molecule has 1 saturated carbocycles. The SMILES string of the molecule is C=CCC1=C(C)C(OC(=O)[C@@H]2[C@H](C=CC(=O)OCc3ccccc3)C2(C)C)CC1=O. The summed E-state index contributed by atoms with van der Waals surface area (Å²) in [6, 6.07) is 9.45. The lowest BCUT2D eigenvalue weighted by Crippen LogP contribution is -2.20. The number of ketones is 1. The van der Waals surface area contributed by atoms with Crippen LogP contribution in [-0.4, -0.2) is 23.8 Å². The molecule has 1 unspecified atom stereocenters. The van der Waals surface area contributed by atoms with Crippen molar-refractivity contribution in [1.82, 2.24) is 0 Å². The summed E-state index contributed by atoms with van der Waals surface area (Å²) in [4.78, 5) is 36.9. The maximum Gasteiger partial charge on any atom is 0.330 e. The largest absolute Gasteiger partial charge is 0.458 e. The third-order valence-electron chi connectivity index (χ3n) is 6.10. The van der Waals surface area contributed by atoms with Crippen LogP contribution in [0.25, 0.3) is 0 Å². The van der Waals surface area contributed by atoms with Gasteiger partial charge in [-0.2, -0.15) is 0 Å². The highest BCUT2D eigenvalue weighted by atomic mass is 16.5. The molecular formula is C25H28O5. The first-order valence-electron chi connectivity index (χ1n) is 10.2. The van der Waals surface area contributed by atoms with Gasteiger partial charge in [0.2, 0.25) is 0 Å². The highest BCUT2D eigenvalue weighted by molar-refractivity contribution is 6.00. The lowest BCUT2D eigenvalue weighted by Gasteiger charge is -2.13. The molecule has 2 aliphatic rings. The van der Waals surface area contributed by atoms with Crippen LogP contribution in [-0.2, 0) is 30.5 Å². The quantitative estimate of drug-likeness (QED) is 0.364. The molecule has 5 heteroatoms. The minimum absolute atomic E-state index is 0.0119. The van der Waals surface area contributed by atoms with Crippen molar-refractivity contribution in [2.24, 2.45) is 17.3 Å². The number of carbonyl (C=O) groups excluding carboxylic acids is 3. The molecule has 0 N–H and O–H groups in total. The molecule has 0 saturated heterocycles. The molecule has 0 aromatic heterocycles. The van der Waals surface area contributed by atoms with E-state index in [0.717, 1.165) is 11.1 Å². The molecule has 0 radical (unpaired) electrons. The van der Waals surface area contributed by atoms with Gasteiger partial charge in [0.25, 0.3) is 0 Å². The molecule has 1 aromatic carbocycles. The molecule has 1 fully saturated rings. The second kappa shape index (κ2) is 8.82. The summed E-state index contributed by atoms with van der Waals surface area (Å²) in [5.74, 6) is -1.21. The minimum Gasteiger partial charge on any atom is -0.458 e. The van der Waals surface area contributed by atoms with E-state index in [0.29, 0.717) is 12.0 Å². The van der Waals surface area contributed by atoms with Gasteiger partial charge in [-0.1, -0.05) is 56.3 Å². The van der Waals surface area contributed by atoms with Gasteiger partial charge in [-0.15, -0.1) is 6.58 Å². The Kier molecular flexibility index (Phi) is 6.40. The van der Waals surface area contributed by atoms with Crippen molar-refractivity contribution in [2.45, 2.75) is 46.3 Å². The highest BCUT2D eigenvalue weighted by Gasteiger charge is 2.61. The number of hydrogen-bond acceptors (Lipinski definition) is 5. The predicted octanol–water partition coefficient (Wildman–Crippen LogP) is 4.34. The van der Waals surface area contributed by atoms with Crippen molar-refractivity contribution >= 4 is 17.7 Å². The van der Waals surface area contributed by atoms with Crippen LogP contribution in [0, 0.1) is 17.3 Å².